The van der Waals surface area contributed by atoms with E-state index in [0.717, 1.165) is 0 Å². The molecule has 0 bridgehead atoms. The van der Waals surface area contributed by atoms with Gasteiger partial charge in [-0.15, -0.1) is 0 Å². The number of hydrogen-bond donors (Lipinski definition) is 2. The van der Waals surface area contributed by atoms with Crippen molar-refractivity contribution in [3.63, 3.8) is 0 Å². The number of imide groups is 1. The number of hydrogen-bond acceptors (Lipinski definition) is 5. The molecule has 2 aliphatic heterocycles. The number of fused-ring (bicyclic) bond motifs is 1. The molecule has 4 amide bonds. The lowest BCUT2D eigenvalue weighted by Gasteiger charge is -2.32. The zero-order valence-corrected chi connectivity index (χ0v) is 17.6. The molecule has 2 aromatic rings. The first-order valence-corrected chi connectivity index (χ1v) is 10.8. The monoisotopic (exact) mass is 435 g/mol. The second-order valence-corrected chi connectivity index (χ2v) is 8.09. The summed E-state index contributed by atoms with van der Waals surface area (Å²) < 4.78 is 0. The predicted octanol–water partition coefficient (Wildman–Crippen LogP) is 2.19. The third kappa shape index (κ3) is 4.49. The Balaban J connectivity index is 1.20. The smallest absolute Gasteiger partial charge is 0.261 e. The molecule has 0 unspecified atom stereocenters. The van der Waals surface area contributed by atoms with E-state index in [9.17, 15) is 24.3 Å². The Hall–Kier alpha value is -3.68. The number of phenolic OH excluding ortho intramolecular Hbond substituents is 1. The largest absolute Gasteiger partial charge is 0.508 e. The van der Waals surface area contributed by atoms with Gasteiger partial charge in [0.05, 0.1) is 11.1 Å². The topological polar surface area (TPSA) is 107 Å². The first-order chi connectivity index (χ1) is 15.4. The Bertz CT molecular complexity index is 1020. The number of benzene rings is 2. The molecule has 0 atom stereocenters. The van der Waals surface area contributed by atoms with E-state index in [4.69, 9.17) is 0 Å². The molecule has 1 fully saturated rings. The van der Waals surface area contributed by atoms with Crippen LogP contribution in [0.5, 0.6) is 5.75 Å². The molecule has 8 heteroatoms. The van der Waals surface area contributed by atoms with E-state index < -0.39 is 0 Å². The Kier molecular flexibility index (Phi) is 6.20. The predicted molar refractivity (Wildman–Crippen MR) is 116 cm³/mol. The highest BCUT2D eigenvalue weighted by Crippen LogP contribution is 2.23. The van der Waals surface area contributed by atoms with Crippen LogP contribution in [0.2, 0.25) is 0 Å². The van der Waals surface area contributed by atoms with Crippen LogP contribution in [0.15, 0.2) is 48.5 Å². The molecule has 1 saturated heterocycles. The van der Waals surface area contributed by atoms with Gasteiger partial charge in [0.2, 0.25) is 5.91 Å². The summed E-state index contributed by atoms with van der Waals surface area (Å²) in [7, 11) is 0. The zero-order chi connectivity index (χ0) is 22.7. The van der Waals surface area contributed by atoms with Crippen molar-refractivity contribution in [1.29, 1.82) is 0 Å². The van der Waals surface area contributed by atoms with Crippen LogP contribution >= 0.6 is 0 Å². The first kappa shape index (κ1) is 21.5. The van der Waals surface area contributed by atoms with E-state index in [-0.39, 0.29) is 48.4 Å². The maximum atomic E-state index is 12.6. The number of carbonyl (C=O) groups is 4. The minimum absolute atomic E-state index is 0.0145. The SMILES string of the molecule is O=C(NC1CCN(C(=O)CCCN2C(=O)c3ccccc3C2=O)CC1)c1cccc(O)c1. The van der Waals surface area contributed by atoms with E-state index in [1.165, 1.54) is 17.0 Å². The summed E-state index contributed by atoms with van der Waals surface area (Å²) in [5.74, 6) is -0.826. The molecule has 2 aromatic carbocycles. The number of piperidine rings is 1. The lowest BCUT2D eigenvalue weighted by molar-refractivity contribution is -0.132. The molecule has 0 radical (unpaired) electrons. The number of phenols is 1. The second-order valence-electron chi connectivity index (χ2n) is 8.09. The summed E-state index contributed by atoms with van der Waals surface area (Å²) in [6, 6.07) is 12.9. The van der Waals surface area contributed by atoms with Gasteiger partial charge < -0.3 is 15.3 Å². The third-order valence-electron chi connectivity index (χ3n) is 5.94. The van der Waals surface area contributed by atoms with Crippen LogP contribution in [0.3, 0.4) is 0 Å². The maximum absolute atomic E-state index is 12.6. The lowest BCUT2D eigenvalue weighted by Crippen LogP contribution is -2.46. The van der Waals surface area contributed by atoms with Crippen molar-refractivity contribution in [2.45, 2.75) is 31.7 Å². The standard InChI is InChI=1S/C24H25N3O5/c28-18-6-3-5-16(15-18)22(30)25-17-10-13-26(14-11-17)21(29)9-4-12-27-23(31)19-7-1-2-8-20(19)24(27)32/h1-3,5-8,15,17,28H,4,9-14H2,(H,25,30). The van der Waals surface area contributed by atoms with Crippen LogP contribution in [0.1, 0.15) is 56.8 Å². The number of rotatable bonds is 6. The molecule has 2 aliphatic rings. The Morgan fingerprint density at radius 3 is 2.25 bits per heavy atom. The van der Waals surface area contributed by atoms with Crippen molar-refractivity contribution in [1.82, 2.24) is 15.1 Å². The number of nitrogens with one attached hydrogen (secondary N) is 1. The van der Waals surface area contributed by atoms with Crippen LogP contribution in [0, 0.1) is 0 Å². The Morgan fingerprint density at radius 1 is 0.969 bits per heavy atom. The van der Waals surface area contributed by atoms with Crippen molar-refractivity contribution in [2.24, 2.45) is 0 Å². The highest BCUT2D eigenvalue weighted by Gasteiger charge is 2.34. The normalized spacial score (nSPS) is 16.2. The molecule has 0 aromatic heterocycles. The number of carbonyl (C=O) groups excluding carboxylic acids is 4. The molecule has 2 heterocycles. The molecule has 2 N–H and O–H groups in total. The van der Waals surface area contributed by atoms with Gasteiger partial charge >= 0.3 is 0 Å². The number of aromatic hydroxyl groups is 1. The van der Waals surface area contributed by atoms with Crippen molar-refractivity contribution in [3.8, 4) is 5.75 Å². The minimum atomic E-state index is -0.304. The number of likely N-dealkylation sites (tertiary alicyclic amines) is 1. The molecule has 4 rings (SSSR count). The molecule has 32 heavy (non-hydrogen) atoms. The molecule has 8 nitrogen and oxygen atoms in total. The highest BCUT2D eigenvalue weighted by atomic mass is 16.3. The molecule has 166 valence electrons. The summed E-state index contributed by atoms with van der Waals surface area (Å²) in [6.45, 7) is 1.29. The van der Waals surface area contributed by atoms with Gasteiger partial charge in [0.15, 0.2) is 0 Å². The summed E-state index contributed by atoms with van der Waals surface area (Å²) in [4.78, 5) is 52.6. The van der Waals surface area contributed by atoms with Gasteiger partial charge in [-0.25, -0.2) is 0 Å². The van der Waals surface area contributed by atoms with Gasteiger partial charge in [-0.1, -0.05) is 18.2 Å². The quantitative estimate of drug-likeness (QED) is 0.677. The zero-order valence-electron chi connectivity index (χ0n) is 17.6. The fraction of sp³-hybridized carbons (Fsp3) is 0.333. The molecule has 0 aliphatic carbocycles. The van der Waals surface area contributed by atoms with E-state index in [0.29, 0.717) is 49.0 Å². The van der Waals surface area contributed by atoms with Gasteiger partial charge in [-0.2, -0.15) is 0 Å². The van der Waals surface area contributed by atoms with Crippen molar-refractivity contribution < 1.29 is 24.3 Å². The molecular formula is C24H25N3O5. The van der Waals surface area contributed by atoms with Crippen molar-refractivity contribution in [3.05, 3.63) is 65.2 Å². The van der Waals surface area contributed by atoms with E-state index in [2.05, 4.69) is 5.32 Å². The summed E-state index contributed by atoms with van der Waals surface area (Å²) in [5.41, 5.74) is 1.23. The summed E-state index contributed by atoms with van der Waals surface area (Å²) in [5, 5.41) is 12.5. The van der Waals surface area contributed by atoms with Crippen molar-refractivity contribution >= 4 is 23.6 Å². The molecule has 0 saturated carbocycles. The number of amides is 4. The minimum Gasteiger partial charge on any atom is -0.508 e. The van der Waals surface area contributed by atoms with Crippen LogP contribution in [-0.4, -0.2) is 64.2 Å². The highest BCUT2D eigenvalue weighted by molar-refractivity contribution is 6.21. The number of nitrogens with zero attached hydrogens (tertiary/aromatic N) is 2. The summed E-state index contributed by atoms with van der Waals surface area (Å²) in [6.07, 6.45) is 1.97. The third-order valence-corrected chi connectivity index (χ3v) is 5.94. The molecular weight excluding hydrogens is 410 g/mol. The fourth-order valence-corrected chi connectivity index (χ4v) is 4.18. The fourth-order valence-electron chi connectivity index (χ4n) is 4.18. The van der Waals surface area contributed by atoms with Gasteiger partial charge in [-0.05, 0) is 49.6 Å². The first-order valence-electron chi connectivity index (χ1n) is 10.8. The summed E-state index contributed by atoms with van der Waals surface area (Å²) >= 11 is 0. The van der Waals surface area contributed by atoms with E-state index in [1.54, 1.807) is 41.3 Å². The van der Waals surface area contributed by atoms with Gasteiger partial charge in [-0.3, -0.25) is 24.1 Å². The molecule has 0 spiro atoms. The lowest BCUT2D eigenvalue weighted by atomic mass is 10.0. The second kappa shape index (κ2) is 9.21. The Morgan fingerprint density at radius 2 is 1.62 bits per heavy atom. The van der Waals surface area contributed by atoms with E-state index >= 15 is 0 Å². The van der Waals surface area contributed by atoms with Crippen LogP contribution in [0.4, 0.5) is 0 Å². The van der Waals surface area contributed by atoms with Crippen LogP contribution in [0.25, 0.3) is 0 Å². The van der Waals surface area contributed by atoms with Gasteiger partial charge in [0.25, 0.3) is 17.7 Å². The Labute approximate surface area is 185 Å². The van der Waals surface area contributed by atoms with Crippen molar-refractivity contribution in [2.75, 3.05) is 19.6 Å². The van der Waals surface area contributed by atoms with E-state index in [1.807, 2.05) is 0 Å². The van der Waals surface area contributed by atoms with Gasteiger partial charge in [0, 0.05) is 37.7 Å². The van der Waals surface area contributed by atoms with Crippen LogP contribution < -0.4 is 5.32 Å². The average molecular weight is 435 g/mol. The maximum Gasteiger partial charge on any atom is 0.261 e. The van der Waals surface area contributed by atoms with Crippen LogP contribution in [-0.2, 0) is 4.79 Å². The van der Waals surface area contributed by atoms with Gasteiger partial charge in [0.1, 0.15) is 5.75 Å². The average Bonchev–Trinajstić information content (AvgIpc) is 3.04.